The van der Waals surface area contributed by atoms with Crippen LogP contribution in [-0.2, 0) is 13.5 Å². The van der Waals surface area contributed by atoms with Gasteiger partial charge in [-0.05, 0) is 32.7 Å². The Morgan fingerprint density at radius 3 is 2.90 bits per heavy atom. The van der Waals surface area contributed by atoms with Crippen LogP contribution in [-0.4, -0.2) is 49.2 Å². The molecule has 6 heteroatoms. The minimum atomic E-state index is 0.533. The highest BCUT2D eigenvalue weighted by Gasteiger charge is 2.40. The van der Waals surface area contributed by atoms with Crippen molar-refractivity contribution in [2.45, 2.75) is 44.7 Å². The van der Waals surface area contributed by atoms with Gasteiger partial charge in [-0.3, -0.25) is 9.58 Å². The van der Waals surface area contributed by atoms with Crippen LogP contribution in [0.25, 0.3) is 11.2 Å². The summed E-state index contributed by atoms with van der Waals surface area (Å²) in [4.78, 5) is 7.50. The number of rotatable bonds is 3. The summed E-state index contributed by atoms with van der Waals surface area (Å²) < 4.78 is 4.45. The Morgan fingerprint density at radius 2 is 2.10 bits per heavy atom. The molecule has 4 rings (SSSR count). The predicted molar refractivity (Wildman–Crippen MR) is 83.9 cm³/mol. The van der Waals surface area contributed by atoms with Crippen LogP contribution in [0, 0.1) is 6.92 Å². The van der Waals surface area contributed by atoms with Gasteiger partial charge in [-0.25, -0.2) is 4.98 Å². The molecule has 0 aliphatic carbocycles. The van der Waals surface area contributed by atoms with Crippen molar-refractivity contribution in [1.29, 1.82) is 0 Å². The molecule has 2 aromatic heterocycles. The van der Waals surface area contributed by atoms with Gasteiger partial charge < -0.3 is 4.57 Å². The first-order valence-corrected chi connectivity index (χ1v) is 8.44. The van der Waals surface area contributed by atoms with E-state index >= 15 is 0 Å². The predicted octanol–water partition coefficient (Wildman–Crippen LogP) is 2.27. The maximum atomic E-state index is 6.01. The Hall–Kier alpha value is -1.07. The molecule has 2 fully saturated rings. The lowest BCUT2D eigenvalue weighted by Crippen LogP contribution is -2.28. The summed E-state index contributed by atoms with van der Waals surface area (Å²) in [5.41, 5.74) is 3.24. The second-order valence-corrected chi connectivity index (χ2v) is 6.70. The molecule has 21 heavy (non-hydrogen) atoms. The zero-order valence-corrected chi connectivity index (χ0v) is 13.5. The molecule has 2 unspecified atom stereocenters. The number of hydrogen-bond acceptors (Lipinski definition) is 3. The van der Waals surface area contributed by atoms with Crippen LogP contribution in [0.4, 0.5) is 0 Å². The van der Waals surface area contributed by atoms with Crippen LogP contribution in [0.3, 0.4) is 0 Å². The number of halogens is 1. The number of fused-ring (bicyclic) bond motifs is 2. The quantitative estimate of drug-likeness (QED) is 0.817. The molecule has 4 heterocycles. The minimum absolute atomic E-state index is 0.533. The fourth-order valence-electron chi connectivity index (χ4n) is 4.31. The summed E-state index contributed by atoms with van der Waals surface area (Å²) in [6, 6.07) is 1.21. The van der Waals surface area contributed by atoms with E-state index in [1.54, 1.807) is 0 Å². The summed E-state index contributed by atoms with van der Waals surface area (Å²) in [5, 5.41) is 4.56. The zero-order valence-electron chi connectivity index (χ0n) is 12.7. The van der Waals surface area contributed by atoms with E-state index in [9.17, 15) is 0 Å². The summed E-state index contributed by atoms with van der Waals surface area (Å²) >= 11 is 6.01. The van der Waals surface area contributed by atoms with E-state index in [4.69, 9.17) is 16.6 Å². The molecule has 114 valence electrons. The van der Waals surface area contributed by atoms with Crippen molar-refractivity contribution in [2.75, 3.05) is 19.0 Å². The first-order chi connectivity index (χ1) is 10.2. The molecule has 2 atom stereocenters. The third kappa shape index (κ3) is 1.94. The number of nitrogens with zero attached hydrogens (tertiary/aromatic N) is 5. The van der Waals surface area contributed by atoms with Gasteiger partial charge in [0.15, 0.2) is 5.65 Å². The standard InChI is InChI=1S/C15H22ClN5/c1-10-14-15(19(2)18-10)21(13(17-14)5-7-16)12-6-9-20-8-3-4-11(12)20/h11-12H,3-9H2,1-2H3. The maximum absolute atomic E-state index is 6.01. The molecule has 2 aromatic rings. The lowest BCUT2D eigenvalue weighted by atomic mass is 10.1. The Morgan fingerprint density at radius 1 is 1.24 bits per heavy atom. The van der Waals surface area contributed by atoms with Crippen LogP contribution >= 0.6 is 11.6 Å². The van der Waals surface area contributed by atoms with Gasteiger partial charge in [0.05, 0.1) is 11.7 Å². The van der Waals surface area contributed by atoms with Crippen LogP contribution < -0.4 is 0 Å². The van der Waals surface area contributed by atoms with Gasteiger partial charge in [-0.1, -0.05) is 0 Å². The Bertz CT molecular complexity index is 673. The summed E-state index contributed by atoms with van der Waals surface area (Å²) in [6.07, 6.45) is 4.68. The van der Waals surface area contributed by atoms with Gasteiger partial charge in [0.1, 0.15) is 11.3 Å². The first kappa shape index (κ1) is 13.6. The average Bonchev–Trinajstić information content (AvgIpc) is 3.14. The van der Waals surface area contributed by atoms with Crippen LogP contribution in [0.15, 0.2) is 0 Å². The molecule has 0 bridgehead atoms. The number of alkyl halides is 1. The number of hydrogen-bond donors (Lipinski definition) is 0. The lowest BCUT2D eigenvalue weighted by Gasteiger charge is -2.23. The minimum Gasteiger partial charge on any atom is -0.308 e. The molecule has 0 spiro atoms. The van der Waals surface area contributed by atoms with E-state index < -0.39 is 0 Å². The maximum Gasteiger partial charge on any atom is 0.158 e. The van der Waals surface area contributed by atoms with Gasteiger partial charge in [0, 0.05) is 31.9 Å². The normalized spacial score (nSPS) is 26.0. The fourth-order valence-corrected chi connectivity index (χ4v) is 4.48. The number of aromatic nitrogens is 4. The van der Waals surface area contributed by atoms with Crippen molar-refractivity contribution in [2.24, 2.45) is 7.05 Å². The molecule has 5 nitrogen and oxygen atoms in total. The number of imidazole rings is 1. The second kappa shape index (κ2) is 4.99. The highest BCUT2D eigenvalue weighted by atomic mass is 35.5. The number of aryl methyl sites for hydroxylation is 3. The Balaban J connectivity index is 1.87. The summed E-state index contributed by atoms with van der Waals surface area (Å²) in [5.74, 6) is 1.76. The van der Waals surface area contributed by atoms with Gasteiger partial charge in [0.25, 0.3) is 0 Å². The van der Waals surface area contributed by atoms with Crippen molar-refractivity contribution in [3.05, 3.63) is 11.5 Å². The van der Waals surface area contributed by atoms with Gasteiger partial charge >= 0.3 is 0 Å². The van der Waals surface area contributed by atoms with Crippen molar-refractivity contribution >= 4 is 22.8 Å². The van der Waals surface area contributed by atoms with Crippen molar-refractivity contribution in [1.82, 2.24) is 24.2 Å². The van der Waals surface area contributed by atoms with Crippen LogP contribution in [0.2, 0.25) is 0 Å². The van der Waals surface area contributed by atoms with E-state index in [0.717, 1.165) is 23.5 Å². The Kier molecular flexibility index (Phi) is 3.23. The van der Waals surface area contributed by atoms with E-state index in [1.165, 1.54) is 38.0 Å². The first-order valence-electron chi connectivity index (χ1n) is 7.91. The molecule has 0 radical (unpaired) electrons. The molecule has 0 amide bonds. The largest absolute Gasteiger partial charge is 0.308 e. The topological polar surface area (TPSA) is 38.9 Å². The molecule has 2 aliphatic heterocycles. The molecular formula is C15H22ClN5. The second-order valence-electron chi connectivity index (χ2n) is 6.32. The fraction of sp³-hybridized carbons (Fsp3) is 0.733. The molecule has 2 saturated heterocycles. The third-order valence-electron chi connectivity index (χ3n) is 5.13. The van der Waals surface area contributed by atoms with E-state index in [2.05, 4.69) is 14.6 Å². The van der Waals surface area contributed by atoms with Gasteiger partial charge in [-0.2, -0.15) is 5.10 Å². The van der Waals surface area contributed by atoms with E-state index in [0.29, 0.717) is 18.0 Å². The third-order valence-corrected chi connectivity index (χ3v) is 5.32. The van der Waals surface area contributed by atoms with Crippen molar-refractivity contribution < 1.29 is 0 Å². The molecule has 0 N–H and O–H groups in total. The van der Waals surface area contributed by atoms with Gasteiger partial charge in [-0.15, -0.1) is 11.6 Å². The average molecular weight is 308 g/mol. The van der Waals surface area contributed by atoms with Crippen molar-refractivity contribution in [3.8, 4) is 0 Å². The SMILES string of the molecule is Cc1nn(C)c2c1nc(CCCl)n2C1CCN2CCCC12. The zero-order chi connectivity index (χ0) is 14.6. The highest BCUT2D eigenvalue weighted by molar-refractivity contribution is 6.17. The van der Waals surface area contributed by atoms with Gasteiger partial charge in [0.2, 0.25) is 0 Å². The van der Waals surface area contributed by atoms with Crippen LogP contribution in [0.5, 0.6) is 0 Å². The molecule has 0 aromatic carbocycles. The summed E-state index contributed by atoms with van der Waals surface area (Å²) in [7, 11) is 2.03. The van der Waals surface area contributed by atoms with E-state index in [1.807, 2.05) is 18.7 Å². The van der Waals surface area contributed by atoms with E-state index in [-0.39, 0.29) is 0 Å². The highest BCUT2D eigenvalue weighted by Crippen LogP contribution is 2.38. The van der Waals surface area contributed by atoms with Crippen LogP contribution in [0.1, 0.15) is 36.8 Å². The molecule has 0 saturated carbocycles. The smallest absolute Gasteiger partial charge is 0.158 e. The Labute approximate surface area is 129 Å². The monoisotopic (exact) mass is 307 g/mol. The lowest BCUT2D eigenvalue weighted by molar-refractivity contribution is 0.289. The van der Waals surface area contributed by atoms with Crippen molar-refractivity contribution in [3.63, 3.8) is 0 Å². The molecular weight excluding hydrogens is 286 g/mol. The molecule has 2 aliphatic rings. The summed E-state index contributed by atoms with van der Waals surface area (Å²) in [6.45, 7) is 4.51.